The van der Waals surface area contributed by atoms with Gasteiger partial charge in [-0.2, -0.15) is 0 Å². The van der Waals surface area contributed by atoms with Crippen molar-refractivity contribution in [2.45, 2.75) is 25.8 Å². The van der Waals surface area contributed by atoms with Gasteiger partial charge in [0.25, 0.3) is 0 Å². The van der Waals surface area contributed by atoms with Crippen molar-refractivity contribution in [2.24, 2.45) is 11.8 Å². The maximum absolute atomic E-state index is 12.3. The fourth-order valence-corrected chi connectivity index (χ4v) is 5.31. The number of hydrogen-bond acceptors (Lipinski definition) is 5. The Labute approximate surface area is 139 Å². The highest BCUT2D eigenvalue weighted by Crippen LogP contribution is 2.36. The summed E-state index contributed by atoms with van der Waals surface area (Å²) in [6, 6.07) is 2.51. The molecule has 0 radical (unpaired) electrons. The van der Waals surface area contributed by atoms with Crippen LogP contribution in [0.15, 0.2) is 18.6 Å². The molecular formula is C16H23N5OS. The molecule has 1 aliphatic carbocycles. The van der Waals surface area contributed by atoms with Crippen LogP contribution in [0.25, 0.3) is 11.0 Å². The van der Waals surface area contributed by atoms with Crippen LogP contribution in [0.1, 0.15) is 19.8 Å². The van der Waals surface area contributed by atoms with Crippen molar-refractivity contribution in [3.63, 3.8) is 0 Å². The molecule has 4 rings (SSSR count). The van der Waals surface area contributed by atoms with Crippen molar-refractivity contribution in [1.82, 2.24) is 19.3 Å². The van der Waals surface area contributed by atoms with Gasteiger partial charge in [0, 0.05) is 49.7 Å². The van der Waals surface area contributed by atoms with Crippen molar-refractivity contribution in [2.75, 3.05) is 30.8 Å². The lowest BCUT2D eigenvalue weighted by Crippen LogP contribution is -2.52. The second-order valence-electron chi connectivity index (χ2n) is 6.98. The summed E-state index contributed by atoms with van der Waals surface area (Å²) >= 11 is -0.782. The van der Waals surface area contributed by atoms with E-state index in [4.69, 9.17) is 0 Å². The van der Waals surface area contributed by atoms with Crippen molar-refractivity contribution >= 4 is 28.2 Å². The molecule has 23 heavy (non-hydrogen) atoms. The molecule has 1 aliphatic heterocycles. The largest absolute Gasteiger partial charge is 0.598 e. The first kappa shape index (κ1) is 15.2. The molecule has 0 bridgehead atoms. The Bertz CT molecular complexity index is 680. The number of nitrogens with one attached hydrogen (secondary N) is 1. The quantitative estimate of drug-likeness (QED) is 0.845. The third-order valence-corrected chi connectivity index (χ3v) is 6.75. The average Bonchev–Trinajstić information content (AvgIpc) is 2.94. The fraction of sp³-hybridized carbons (Fsp3) is 0.625. The van der Waals surface area contributed by atoms with E-state index < -0.39 is 11.4 Å². The lowest BCUT2D eigenvalue weighted by atomic mass is 9.81. The van der Waals surface area contributed by atoms with E-state index in [2.05, 4.69) is 38.1 Å². The van der Waals surface area contributed by atoms with E-state index >= 15 is 0 Å². The van der Waals surface area contributed by atoms with Crippen LogP contribution in [0.4, 0.5) is 5.82 Å². The van der Waals surface area contributed by atoms with E-state index in [0.29, 0.717) is 17.9 Å². The third-order valence-electron chi connectivity index (χ3n) is 5.12. The van der Waals surface area contributed by atoms with Crippen molar-refractivity contribution < 1.29 is 4.55 Å². The molecule has 2 fully saturated rings. The van der Waals surface area contributed by atoms with Crippen LogP contribution in [-0.2, 0) is 11.4 Å². The molecule has 2 aliphatic rings. The van der Waals surface area contributed by atoms with Crippen LogP contribution >= 0.6 is 0 Å². The van der Waals surface area contributed by atoms with Crippen LogP contribution in [0, 0.1) is 11.8 Å². The molecule has 1 atom stereocenters. The van der Waals surface area contributed by atoms with Crippen LogP contribution in [0.3, 0.4) is 0 Å². The molecule has 0 aromatic carbocycles. The molecule has 6 nitrogen and oxygen atoms in total. The van der Waals surface area contributed by atoms with Crippen LogP contribution < -0.4 is 4.90 Å². The van der Waals surface area contributed by atoms with Gasteiger partial charge in [-0.05, 0) is 24.8 Å². The Morgan fingerprint density at radius 3 is 2.91 bits per heavy atom. The molecule has 3 heterocycles. The van der Waals surface area contributed by atoms with Crippen LogP contribution in [-0.4, -0.2) is 55.7 Å². The number of aromatic nitrogens is 3. The van der Waals surface area contributed by atoms with Crippen molar-refractivity contribution in [3.8, 4) is 0 Å². The Morgan fingerprint density at radius 1 is 1.39 bits per heavy atom. The SMILES string of the molecule is CC1CN([S+]([O-])C[C@H]2C[C@@H](N(C)c3ncnc4[nH]ccc34)C2)C1. The number of nitrogens with zero attached hydrogens (tertiary/aromatic N) is 4. The standard InChI is InChI=1S/C16H23N5OS/c1-11-7-21(8-11)23(22)9-12-5-13(6-12)20(2)16-14-3-4-17-15(14)18-10-19-16/h3-4,10-13H,5-9H2,1-2H3,(H,17,18,19)/t12-,13+,23?. The summed E-state index contributed by atoms with van der Waals surface area (Å²) in [4.78, 5) is 14.1. The summed E-state index contributed by atoms with van der Waals surface area (Å²) in [5.41, 5.74) is 0.880. The van der Waals surface area contributed by atoms with E-state index in [1.807, 2.05) is 12.3 Å². The molecule has 2 aromatic rings. The summed E-state index contributed by atoms with van der Waals surface area (Å²) < 4.78 is 14.4. The Hall–Kier alpha value is -1.31. The highest BCUT2D eigenvalue weighted by atomic mass is 32.2. The minimum atomic E-state index is -0.782. The van der Waals surface area contributed by atoms with Gasteiger partial charge in [-0.3, -0.25) is 0 Å². The van der Waals surface area contributed by atoms with Gasteiger partial charge in [-0.1, -0.05) is 6.92 Å². The van der Waals surface area contributed by atoms with E-state index in [9.17, 15) is 4.55 Å². The van der Waals surface area contributed by atoms with E-state index in [-0.39, 0.29) is 0 Å². The molecule has 2 aromatic heterocycles. The van der Waals surface area contributed by atoms with Gasteiger partial charge in [0.2, 0.25) is 0 Å². The third kappa shape index (κ3) is 2.81. The molecule has 1 unspecified atom stereocenters. The highest BCUT2D eigenvalue weighted by Gasteiger charge is 2.39. The molecule has 1 N–H and O–H groups in total. The van der Waals surface area contributed by atoms with Gasteiger partial charge < -0.3 is 14.4 Å². The number of fused-ring (bicyclic) bond motifs is 1. The monoisotopic (exact) mass is 333 g/mol. The summed E-state index contributed by atoms with van der Waals surface area (Å²) in [6.45, 7) is 4.20. The number of rotatable bonds is 5. The summed E-state index contributed by atoms with van der Waals surface area (Å²) in [6.07, 6.45) is 5.71. The Balaban J connectivity index is 1.33. The van der Waals surface area contributed by atoms with Gasteiger partial charge in [-0.15, -0.1) is 4.31 Å². The summed E-state index contributed by atoms with van der Waals surface area (Å²) in [5, 5.41) is 1.07. The number of aromatic amines is 1. The van der Waals surface area contributed by atoms with Crippen LogP contribution in [0.2, 0.25) is 0 Å². The number of anilines is 1. The molecule has 124 valence electrons. The van der Waals surface area contributed by atoms with E-state index in [0.717, 1.165) is 48.5 Å². The zero-order valence-corrected chi connectivity index (χ0v) is 14.4. The minimum Gasteiger partial charge on any atom is -0.598 e. The van der Waals surface area contributed by atoms with E-state index in [1.54, 1.807) is 6.33 Å². The van der Waals surface area contributed by atoms with Gasteiger partial charge in [0.1, 0.15) is 23.5 Å². The van der Waals surface area contributed by atoms with Gasteiger partial charge in [-0.25, -0.2) is 9.97 Å². The molecule has 1 saturated heterocycles. The van der Waals surface area contributed by atoms with Crippen molar-refractivity contribution in [3.05, 3.63) is 18.6 Å². The Kier molecular flexibility index (Phi) is 3.95. The first-order valence-electron chi connectivity index (χ1n) is 8.26. The zero-order chi connectivity index (χ0) is 16.0. The summed E-state index contributed by atoms with van der Waals surface area (Å²) in [5.74, 6) is 3.08. The lowest BCUT2D eigenvalue weighted by Gasteiger charge is -2.43. The minimum absolute atomic E-state index is 0.486. The molecular weight excluding hydrogens is 310 g/mol. The van der Waals surface area contributed by atoms with Crippen LogP contribution in [0.5, 0.6) is 0 Å². The second-order valence-corrected chi connectivity index (χ2v) is 8.47. The first-order chi connectivity index (χ1) is 11.1. The van der Waals surface area contributed by atoms with Gasteiger partial charge in [0.05, 0.1) is 5.39 Å². The smallest absolute Gasteiger partial charge is 0.142 e. The van der Waals surface area contributed by atoms with Gasteiger partial charge in [0.15, 0.2) is 0 Å². The summed E-state index contributed by atoms with van der Waals surface area (Å²) in [7, 11) is 2.10. The molecule has 1 saturated carbocycles. The highest BCUT2D eigenvalue weighted by molar-refractivity contribution is 7.89. The van der Waals surface area contributed by atoms with Gasteiger partial charge >= 0.3 is 0 Å². The maximum atomic E-state index is 12.3. The zero-order valence-electron chi connectivity index (χ0n) is 13.6. The van der Waals surface area contributed by atoms with Crippen molar-refractivity contribution in [1.29, 1.82) is 0 Å². The lowest BCUT2D eigenvalue weighted by molar-refractivity contribution is 0.211. The predicted molar refractivity (Wildman–Crippen MR) is 92.6 cm³/mol. The topological polar surface area (TPSA) is 71.1 Å². The van der Waals surface area contributed by atoms with E-state index in [1.165, 1.54) is 0 Å². The number of hydrogen-bond donors (Lipinski definition) is 1. The maximum Gasteiger partial charge on any atom is 0.142 e. The predicted octanol–water partition coefficient (Wildman–Crippen LogP) is 1.79. The Morgan fingerprint density at radius 2 is 2.17 bits per heavy atom. The fourth-order valence-electron chi connectivity index (χ4n) is 3.58. The first-order valence-corrected chi connectivity index (χ1v) is 9.53. The molecule has 7 heteroatoms. The molecule has 0 amide bonds. The number of H-pyrrole nitrogens is 1. The second kappa shape index (κ2) is 5.96. The average molecular weight is 333 g/mol. The molecule has 0 spiro atoms. The normalized spacial score (nSPS) is 26.7.